The summed E-state index contributed by atoms with van der Waals surface area (Å²) in [5.74, 6) is -0.269. The summed E-state index contributed by atoms with van der Waals surface area (Å²) in [7, 11) is 2.69. The molecule has 0 radical (unpaired) electrons. The van der Waals surface area contributed by atoms with E-state index in [9.17, 15) is 4.79 Å². The molecule has 0 aromatic heterocycles. The monoisotopic (exact) mass is 416 g/mol. The maximum Gasteiger partial charge on any atom is 0.500 e. The van der Waals surface area contributed by atoms with Crippen molar-refractivity contribution in [3.8, 4) is 0 Å². The fraction of sp³-hybridized carbons (Fsp3) is 0.864. The Labute approximate surface area is 174 Å². The molecule has 6 heteroatoms. The Hall–Kier alpha value is -0.693. The molecule has 0 aliphatic carbocycles. The highest BCUT2D eigenvalue weighted by Crippen LogP contribution is 2.18. The van der Waals surface area contributed by atoms with Gasteiger partial charge in [-0.2, -0.15) is 0 Å². The van der Waals surface area contributed by atoms with Crippen molar-refractivity contribution in [1.29, 1.82) is 0 Å². The van der Waals surface area contributed by atoms with Crippen LogP contribution in [0.2, 0.25) is 6.04 Å². The highest BCUT2D eigenvalue weighted by molar-refractivity contribution is 6.60. The van der Waals surface area contributed by atoms with Crippen LogP contribution in [0, 0.1) is 0 Å². The first-order valence-corrected chi connectivity index (χ1v) is 12.9. The molecule has 0 bridgehead atoms. The Balaban J connectivity index is 3.28. The third kappa shape index (κ3) is 14.3. The van der Waals surface area contributed by atoms with Gasteiger partial charge < -0.3 is 18.0 Å². The molecule has 0 rings (SSSR count). The average Bonchev–Trinajstić information content (AvgIpc) is 2.70. The Bertz CT molecular complexity index is 388. The van der Waals surface area contributed by atoms with E-state index < -0.39 is 8.80 Å². The van der Waals surface area contributed by atoms with Crippen molar-refractivity contribution in [2.75, 3.05) is 27.9 Å². The van der Waals surface area contributed by atoms with Crippen LogP contribution < -0.4 is 0 Å². The van der Waals surface area contributed by atoms with Crippen LogP contribution in [-0.2, 0) is 22.8 Å². The molecular weight excluding hydrogens is 372 g/mol. The molecule has 0 aliphatic rings. The van der Waals surface area contributed by atoms with Gasteiger partial charge in [-0.1, -0.05) is 77.2 Å². The molecule has 0 heterocycles. The first-order valence-electron chi connectivity index (χ1n) is 11.0. The van der Waals surface area contributed by atoms with Crippen LogP contribution in [0.3, 0.4) is 0 Å². The normalized spacial score (nSPS) is 11.6. The van der Waals surface area contributed by atoms with Gasteiger partial charge in [0.25, 0.3) is 0 Å². The smallest absolute Gasteiger partial charge is 0.462 e. The number of carbonyl (C=O) groups is 1. The van der Waals surface area contributed by atoms with Gasteiger partial charge in [-0.3, -0.25) is 0 Å². The summed E-state index contributed by atoms with van der Waals surface area (Å²) in [5.41, 5.74) is 0.479. The van der Waals surface area contributed by atoms with Crippen molar-refractivity contribution in [1.82, 2.24) is 0 Å². The van der Waals surface area contributed by atoms with Gasteiger partial charge in [-0.25, -0.2) is 4.79 Å². The lowest BCUT2D eigenvalue weighted by Crippen LogP contribution is -2.42. The lowest BCUT2D eigenvalue weighted by molar-refractivity contribution is -0.139. The van der Waals surface area contributed by atoms with Gasteiger partial charge in [-0.15, -0.1) is 0 Å². The molecule has 28 heavy (non-hydrogen) atoms. The summed E-state index contributed by atoms with van der Waals surface area (Å²) < 4.78 is 21.4. The predicted molar refractivity (Wildman–Crippen MR) is 117 cm³/mol. The fourth-order valence-corrected chi connectivity index (χ4v) is 5.03. The van der Waals surface area contributed by atoms with Crippen molar-refractivity contribution >= 4 is 14.8 Å². The summed E-state index contributed by atoms with van der Waals surface area (Å²) in [4.78, 5) is 11.2. The van der Waals surface area contributed by atoms with E-state index in [4.69, 9.17) is 18.0 Å². The van der Waals surface area contributed by atoms with Crippen molar-refractivity contribution in [2.24, 2.45) is 0 Å². The van der Waals surface area contributed by atoms with E-state index in [-0.39, 0.29) is 5.97 Å². The van der Waals surface area contributed by atoms with E-state index in [2.05, 4.69) is 6.58 Å². The van der Waals surface area contributed by atoms with Gasteiger partial charge in [0.2, 0.25) is 0 Å². The zero-order chi connectivity index (χ0) is 21.1. The number of carbonyl (C=O) groups excluding carboxylic acids is 1. The molecule has 0 N–H and O–H groups in total. The molecule has 0 aromatic carbocycles. The Morgan fingerprint density at radius 3 is 1.39 bits per heavy atom. The van der Waals surface area contributed by atoms with Gasteiger partial charge in [0.05, 0.1) is 6.61 Å². The van der Waals surface area contributed by atoms with E-state index in [1.165, 1.54) is 64.2 Å². The van der Waals surface area contributed by atoms with Crippen LogP contribution in [0.4, 0.5) is 0 Å². The first-order chi connectivity index (χ1) is 13.5. The van der Waals surface area contributed by atoms with Gasteiger partial charge in [0.1, 0.15) is 0 Å². The number of hydrogen-bond donors (Lipinski definition) is 0. The van der Waals surface area contributed by atoms with Gasteiger partial charge >= 0.3 is 14.8 Å². The second-order valence-corrected chi connectivity index (χ2v) is 10.6. The quantitative estimate of drug-likeness (QED) is 0.105. The average molecular weight is 417 g/mol. The third-order valence-corrected chi connectivity index (χ3v) is 7.97. The lowest BCUT2D eigenvalue weighted by Gasteiger charge is -2.24. The Morgan fingerprint density at radius 2 is 1.04 bits per heavy atom. The predicted octanol–water partition coefficient (Wildman–Crippen LogP) is 6.06. The van der Waals surface area contributed by atoms with Crippen molar-refractivity contribution in [2.45, 2.75) is 96.4 Å². The maximum absolute atomic E-state index is 11.2. The minimum absolute atomic E-state index is 0.269. The largest absolute Gasteiger partial charge is 0.500 e. The van der Waals surface area contributed by atoms with Crippen LogP contribution in [-0.4, -0.2) is 42.7 Å². The van der Waals surface area contributed by atoms with E-state index in [0.717, 1.165) is 25.3 Å². The third-order valence-electron chi connectivity index (χ3n) is 5.14. The minimum atomic E-state index is -2.36. The second-order valence-electron chi connectivity index (χ2n) is 7.56. The van der Waals surface area contributed by atoms with E-state index >= 15 is 0 Å². The van der Waals surface area contributed by atoms with Crippen molar-refractivity contribution in [3.05, 3.63) is 12.2 Å². The van der Waals surface area contributed by atoms with E-state index in [1.807, 2.05) is 0 Å². The number of esters is 1. The number of ether oxygens (including phenoxy) is 1. The highest BCUT2D eigenvalue weighted by Gasteiger charge is 2.36. The molecule has 0 amide bonds. The molecule has 0 fully saturated rings. The molecule has 0 unspecified atom stereocenters. The molecule has 166 valence electrons. The van der Waals surface area contributed by atoms with Crippen LogP contribution in [0.25, 0.3) is 0 Å². The SMILES string of the molecule is C=C(C)C(=O)OCCCCCCCCCCCCCCC[Si](OC)(OC)OC. The molecule has 0 saturated carbocycles. The standard InChI is InChI=1S/C22H44O5Si/c1-21(2)22(23)27-19-17-15-13-11-9-7-6-8-10-12-14-16-18-20-28(24-3,25-4)26-5/h1,6-20H2,2-5H3. The minimum Gasteiger partial charge on any atom is -0.462 e. The highest BCUT2D eigenvalue weighted by atomic mass is 28.4. The summed E-state index contributed by atoms with van der Waals surface area (Å²) >= 11 is 0. The Morgan fingerprint density at radius 1 is 0.679 bits per heavy atom. The summed E-state index contributed by atoms with van der Waals surface area (Å²) in [6.07, 6.45) is 16.3. The molecule has 0 aliphatic heterocycles. The molecular formula is C22H44O5Si. The van der Waals surface area contributed by atoms with Crippen LogP contribution in [0.5, 0.6) is 0 Å². The summed E-state index contributed by atoms with van der Waals surface area (Å²) in [6, 6.07) is 0.910. The van der Waals surface area contributed by atoms with E-state index in [1.54, 1.807) is 28.3 Å². The summed E-state index contributed by atoms with van der Waals surface area (Å²) in [5, 5.41) is 0. The van der Waals surface area contributed by atoms with Crippen LogP contribution in [0.15, 0.2) is 12.2 Å². The molecule has 0 saturated heterocycles. The molecule has 0 aromatic rings. The second kappa shape index (κ2) is 18.3. The fourth-order valence-electron chi connectivity index (χ4n) is 3.23. The topological polar surface area (TPSA) is 54.0 Å². The van der Waals surface area contributed by atoms with Crippen molar-refractivity contribution < 1.29 is 22.8 Å². The van der Waals surface area contributed by atoms with E-state index in [0.29, 0.717) is 12.2 Å². The van der Waals surface area contributed by atoms with Crippen LogP contribution >= 0.6 is 0 Å². The molecule has 0 atom stereocenters. The Kier molecular flexibility index (Phi) is 17.9. The summed E-state index contributed by atoms with van der Waals surface area (Å²) in [6.45, 7) is 5.78. The van der Waals surface area contributed by atoms with Gasteiger partial charge in [-0.05, 0) is 19.8 Å². The first kappa shape index (κ1) is 27.3. The lowest BCUT2D eigenvalue weighted by atomic mass is 10.0. The zero-order valence-electron chi connectivity index (χ0n) is 18.9. The van der Waals surface area contributed by atoms with Crippen molar-refractivity contribution in [3.63, 3.8) is 0 Å². The maximum atomic E-state index is 11.2. The molecule has 0 spiro atoms. The van der Waals surface area contributed by atoms with Gasteiger partial charge in [0, 0.05) is 32.9 Å². The number of unbranched alkanes of at least 4 members (excludes halogenated alkanes) is 12. The molecule has 5 nitrogen and oxygen atoms in total. The van der Waals surface area contributed by atoms with Crippen LogP contribution in [0.1, 0.15) is 90.4 Å². The number of rotatable bonds is 20. The van der Waals surface area contributed by atoms with Gasteiger partial charge in [0.15, 0.2) is 0 Å². The zero-order valence-corrected chi connectivity index (χ0v) is 19.9. The number of hydrogen-bond acceptors (Lipinski definition) is 5.